The molecule has 3 N–H and O–H groups in total. The highest BCUT2D eigenvalue weighted by Crippen LogP contribution is 2.50. The highest BCUT2D eigenvalue weighted by atomic mass is 32.2. The number of amides is 3. The molecule has 160 valence electrons. The lowest BCUT2D eigenvalue weighted by atomic mass is 9.99. The summed E-state index contributed by atoms with van der Waals surface area (Å²) in [7, 11) is 0. The summed E-state index contributed by atoms with van der Waals surface area (Å²) in [6, 6.07) is 8.11. The number of piperidine rings is 1. The van der Waals surface area contributed by atoms with Crippen molar-refractivity contribution in [2.24, 2.45) is 0 Å². The number of rotatable bonds is 4. The third kappa shape index (κ3) is 3.57. The fourth-order valence-corrected chi connectivity index (χ4v) is 5.64. The van der Waals surface area contributed by atoms with Gasteiger partial charge in [-0.2, -0.15) is 0 Å². The van der Waals surface area contributed by atoms with Gasteiger partial charge in [0.2, 0.25) is 5.91 Å². The molecular weight excluding hydrogens is 414 g/mol. The van der Waals surface area contributed by atoms with Crippen LogP contribution in [0.3, 0.4) is 0 Å². The number of urea groups is 1. The largest absolute Gasteiger partial charge is 0.351 e. The van der Waals surface area contributed by atoms with Crippen LogP contribution in [0.4, 0.5) is 16.2 Å². The van der Waals surface area contributed by atoms with E-state index in [1.807, 2.05) is 0 Å². The predicted molar refractivity (Wildman–Crippen MR) is 118 cm³/mol. The summed E-state index contributed by atoms with van der Waals surface area (Å²) in [5.41, 5.74) is 2.68. The van der Waals surface area contributed by atoms with Crippen molar-refractivity contribution < 1.29 is 14.4 Å². The van der Waals surface area contributed by atoms with E-state index in [1.54, 1.807) is 41.4 Å². The molecule has 3 atom stereocenters. The Hall–Kier alpha value is -2.91. The maximum absolute atomic E-state index is 13.1. The lowest BCUT2D eigenvalue weighted by Gasteiger charge is -2.34. The van der Waals surface area contributed by atoms with Crippen molar-refractivity contribution in [1.82, 2.24) is 20.9 Å². The number of nitrogens with zero attached hydrogens (tertiary/aromatic N) is 2. The maximum atomic E-state index is 13.1. The molecule has 1 aromatic carbocycles. The number of carbonyl (C=O) groups excluding carboxylic acids is 3. The lowest BCUT2D eigenvalue weighted by Crippen LogP contribution is -2.52. The summed E-state index contributed by atoms with van der Waals surface area (Å²) in [5, 5.41) is 9.71. The van der Waals surface area contributed by atoms with Crippen LogP contribution in [-0.2, 0) is 4.79 Å². The molecule has 0 radical (unpaired) electrons. The Morgan fingerprint density at radius 3 is 2.94 bits per heavy atom. The van der Waals surface area contributed by atoms with Crippen molar-refractivity contribution in [2.75, 3.05) is 18.0 Å². The van der Waals surface area contributed by atoms with Crippen molar-refractivity contribution in [2.45, 2.75) is 42.1 Å². The molecule has 3 amide bonds. The molecule has 8 nitrogen and oxygen atoms in total. The molecule has 3 aliphatic heterocycles. The standard InChI is InChI=1S/C22H23N5O3S/c1-12(28)13-4-2-6-15(10-13)27-16-7-9-24-21-17(16)18(26-22(27)30)19(31-21)20(29)25-14-5-3-8-23-11-14/h2,4,6-7,9-10,14,18-19,23H,3,5,8,11H2,1H3,(H,25,29)(H,26,30)/t14?,18?,19-/m1/s1. The van der Waals surface area contributed by atoms with Gasteiger partial charge in [-0.25, -0.2) is 9.78 Å². The number of nitrogens with one attached hydrogen (secondary N) is 3. The first-order valence-corrected chi connectivity index (χ1v) is 11.3. The Balaban J connectivity index is 1.46. The van der Waals surface area contributed by atoms with E-state index in [2.05, 4.69) is 20.9 Å². The fourth-order valence-electron chi connectivity index (χ4n) is 4.40. The number of pyridine rings is 1. The normalized spacial score (nSPS) is 24.4. The van der Waals surface area contributed by atoms with E-state index in [-0.39, 0.29) is 23.8 Å². The summed E-state index contributed by atoms with van der Waals surface area (Å²) >= 11 is 1.39. The highest BCUT2D eigenvalue weighted by molar-refractivity contribution is 8.01. The minimum absolute atomic E-state index is 0.0680. The summed E-state index contributed by atoms with van der Waals surface area (Å²) in [6.45, 7) is 3.23. The molecule has 1 saturated heterocycles. The van der Waals surface area contributed by atoms with Crippen LogP contribution in [0.25, 0.3) is 0 Å². The number of ketones is 1. The highest BCUT2D eigenvalue weighted by Gasteiger charge is 2.46. The molecule has 3 aliphatic rings. The first-order chi connectivity index (χ1) is 15.0. The Morgan fingerprint density at radius 2 is 2.16 bits per heavy atom. The van der Waals surface area contributed by atoms with Crippen molar-refractivity contribution in [3.63, 3.8) is 0 Å². The van der Waals surface area contributed by atoms with Gasteiger partial charge in [-0.15, -0.1) is 0 Å². The number of thioether (sulfide) groups is 1. The summed E-state index contributed by atoms with van der Waals surface area (Å²) < 4.78 is 0. The molecule has 31 heavy (non-hydrogen) atoms. The summed E-state index contributed by atoms with van der Waals surface area (Å²) in [6.07, 6.45) is 3.64. The van der Waals surface area contributed by atoms with E-state index in [0.717, 1.165) is 36.5 Å². The van der Waals surface area contributed by atoms with Crippen molar-refractivity contribution >= 4 is 40.9 Å². The number of hydrogen-bond donors (Lipinski definition) is 3. The van der Waals surface area contributed by atoms with Crippen LogP contribution in [0.15, 0.2) is 41.6 Å². The second kappa shape index (κ2) is 7.97. The average molecular weight is 438 g/mol. The number of hydrogen-bond acceptors (Lipinski definition) is 6. The summed E-state index contributed by atoms with van der Waals surface area (Å²) in [5.74, 6) is -0.151. The number of anilines is 2. The molecule has 2 unspecified atom stereocenters. The van der Waals surface area contributed by atoms with E-state index in [4.69, 9.17) is 0 Å². The molecule has 0 aliphatic carbocycles. The van der Waals surface area contributed by atoms with Crippen LogP contribution in [0.2, 0.25) is 0 Å². The number of carbonyl (C=O) groups is 3. The van der Waals surface area contributed by atoms with Crippen LogP contribution in [0, 0.1) is 0 Å². The number of benzene rings is 1. The molecular formula is C22H23N5O3S. The van der Waals surface area contributed by atoms with Gasteiger partial charge in [-0.05, 0) is 44.5 Å². The minimum atomic E-state index is -0.472. The lowest BCUT2D eigenvalue weighted by molar-refractivity contribution is -0.121. The topological polar surface area (TPSA) is 103 Å². The predicted octanol–water partition coefficient (Wildman–Crippen LogP) is 2.53. The Bertz CT molecular complexity index is 1070. The van der Waals surface area contributed by atoms with Gasteiger partial charge in [0.25, 0.3) is 0 Å². The third-order valence-corrected chi connectivity index (χ3v) is 7.21. The molecule has 0 spiro atoms. The van der Waals surface area contributed by atoms with Gasteiger partial charge in [-0.1, -0.05) is 23.9 Å². The van der Waals surface area contributed by atoms with E-state index in [9.17, 15) is 14.4 Å². The molecule has 2 aromatic rings. The maximum Gasteiger partial charge on any atom is 0.327 e. The van der Waals surface area contributed by atoms with Crippen LogP contribution in [0.1, 0.15) is 41.7 Å². The van der Waals surface area contributed by atoms with Gasteiger partial charge in [0.15, 0.2) is 5.78 Å². The van der Waals surface area contributed by atoms with E-state index < -0.39 is 11.3 Å². The minimum Gasteiger partial charge on any atom is -0.351 e. The van der Waals surface area contributed by atoms with Crippen LogP contribution in [0.5, 0.6) is 0 Å². The van der Waals surface area contributed by atoms with Crippen LogP contribution < -0.4 is 20.9 Å². The Kier molecular flexibility index (Phi) is 5.15. The second-order valence-corrected chi connectivity index (χ2v) is 9.14. The monoisotopic (exact) mass is 437 g/mol. The summed E-state index contributed by atoms with van der Waals surface area (Å²) in [4.78, 5) is 44.1. The zero-order valence-electron chi connectivity index (χ0n) is 17.1. The quantitative estimate of drug-likeness (QED) is 0.635. The molecule has 0 bridgehead atoms. The van der Waals surface area contributed by atoms with Gasteiger partial charge in [0.1, 0.15) is 10.3 Å². The SMILES string of the molecule is CC(=O)c1cccc(N2C(=O)NC3c4c2ccnc4S[C@H]3C(=O)NC2CCCNC2)c1. The van der Waals surface area contributed by atoms with Crippen LogP contribution in [-0.4, -0.2) is 47.1 Å². The molecule has 9 heteroatoms. The molecule has 1 aromatic heterocycles. The first kappa shape index (κ1) is 20.0. The Labute approximate surface area is 184 Å². The van der Waals surface area contributed by atoms with Crippen molar-refractivity contribution in [3.05, 3.63) is 47.7 Å². The number of Topliss-reactive ketones (excluding diaryl/α,β-unsaturated/α-hetero) is 1. The molecule has 0 saturated carbocycles. The molecule has 1 fully saturated rings. The fraction of sp³-hybridized carbons (Fsp3) is 0.364. The van der Waals surface area contributed by atoms with Crippen molar-refractivity contribution in [1.29, 1.82) is 0 Å². The zero-order chi connectivity index (χ0) is 21.5. The third-order valence-electron chi connectivity index (χ3n) is 5.92. The van der Waals surface area contributed by atoms with E-state index >= 15 is 0 Å². The number of aromatic nitrogens is 1. The first-order valence-electron chi connectivity index (χ1n) is 10.4. The van der Waals surface area contributed by atoms with Gasteiger partial charge < -0.3 is 16.0 Å². The van der Waals surface area contributed by atoms with Gasteiger partial charge in [0.05, 0.1) is 17.4 Å². The van der Waals surface area contributed by atoms with Gasteiger partial charge in [-0.3, -0.25) is 14.5 Å². The van der Waals surface area contributed by atoms with E-state index in [1.165, 1.54) is 18.7 Å². The zero-order valence-corrected chi connectivity index (χ0v) is 17.9. The van der Waals surface area contributed by atoms with Crippen LogP contribution >= 0.6 is 11.8 Å². The molecule has 4 heterocycles. The average Bonchev–Trinajstić information content (AvgIpc) is 3.14. The second-order valence-electron chi connectivity index (χ2n) is 8.01. The van der Waals surface area contributed by atoms with E-state index in [0.29, 0.717) is 16.9 Å². The molecule has 5 rings (SSSR count). The smallest absolute Gasteiger partial charge is 0.327 e. The Morgan fingerprint density at radius 1 is 1.29 bits per heavy atom. The van der Waals surface area contributed by atoms with Crippen molar-refractivity contribution in [3.8, 4) is 0 Å². The van der Waals surface area contributed by atoms with Gasteiger partial charge >= 0.3 is 6.03 Å². The van der Waals surface area contributed by atoms with Gasteiger partial charge in [0, 0.05) is 29.9 Å².